The number of aryl methyl sites for hydroxylation is 1. The van der Waals surface area contributed by atoms with Gasteiger partial charge < -0.3 is 19.3 Å². The molecule has 1 N–H and O–H groups in total. The fourth-order valence-corrected chi connectivity index (χ4v) is 2.80. The zero-order valence-corrected chi connectivity index (χ0v) is 12.0. The van der Waals surface area contributed by atoms with Crippen molar-refractivity contribution in [1.29, 1.82) is 0 Å². The molecule has 0 aliphatic carbocycles. The lowest BCUT2D eigenvalue weighted by atomic mass is 9.90. The summed E-state index contributed by atoms with van der Waals surface area (Å²) in [4.78, 5) is 6.71. The molecule has 1 aliphatic heterocycles. The highest BCUT2D eigenvalue weighted by atomic mass is 16.5. The summed E-state index contributed by atoms with van der Waals surface area (Å²) in [5.74, 6) is 1.12. The van der Waals surface area contributed by atoms with Crippen LogP contribution in [-0.2, 0) is 11.8 Å². The second-order valence-corrected chi connectivity index (χ2v) is 5.37. The highest BCUT2D eigenvalue weighted by Crippen LogP contribution is 2.29. The number of nitrogens with zero attached hydrogens (tertiary/aromatic N) is 3. The van der Waals surface area contributed by atoms with Gasteiger partial charge in [-0.15, -0.1) is 0 Å². The van der Waals surface area contributed by atoms with E-state index in [4.69, 9.17) is 4.74 Å². The fourth-order valence-electron chi connectivity index (χ4n) is 2.80. The minimum absolute atomic E-state index is 0.333. The molecule has 1 unspecified atom stereocenters. The van der Waals surface area contributed by atoms with Gasteiger partial charge in [0.15, 0.2) is 0 Å². The molecule has 5 nitrogen and oxygen atoms in total. The van der Waals surface area contributed by atoms with Crippen LogP contribution in [0.4, 0.5) is 0 Å². The predicted octanol–water partition coefficient (Wildman–Crippen LogP) is 1.20. The summed E-state index contributed by atoms with van der Waals surface area (Å²) in [6.45, 7) is 4.06. The van der Waals surface area contributed by atoms with E-state index in [2.05, 4.69) is 9.88 Å². The van der Waals surface area contributed by atoms with Gasteiger partial charge in [0.05, 0.1) is 0 Å². The van der Waals surface area contributed by atoms with E-state index in [1.165, 1.54) is 0 Å². The maximum atomic E-state index is 10.4. The van der Waals surface area contributed by atoms with Crippen LogP contribution in [0.5, 0.6) is 0 Å². The van der Waals surface area contributed by atoms with Gasteiger partial charge in [-0.25, -0.2) is 4.98 Å². The van der Waals surface area contributed by atoms with Crippen molar-refractivity contribution in [3.8, 4) is 0 Å². The number of imidazole rings is 1. The fraction of sp³-hybridized carbons (Fsp3) is 0.786. The summed E-state index contributed by atoms with van der Waals surface area (Å²) in [5.41, 5.74) is 0. The van der Waals surface area contributed by atoms with Gasteiger partial charge in [0, 0.05) is 39.7 Å². The number of aliphatic hydroxyl groups excluding tert-OH is 1. The Morgan fingerprint density at radius 2 is 2.21 bits per heavy atom. The van der Waals surface area contributed by atoms with Crippen molar-refractivity contribution in [3.05, 3.63) is 18.2 Å². The molecule has 0 amide bonds. The van der Waals surface area contributed by atoms with Crippen LogP contribution in [-0.4, -0.2) is 52.9 Å². The van der Waals surface area contributed by atoms with Crippen molar-refractivity contribution in [2.75, 3.05) is 33.4 Å². The Bertz CT molecular complexity index is 373. The van der Waals surface area contributed by atoms with E-state index in [-0.39, 0.29) is 0 Å². The van der Waals surface area contributed by atoms with Crippen molar-refractivity contribution >= 4 is 0 Å². The van der Waals surface area contributed by atoms with Crippen molar-refractivity contribution in [2.45, 2.75) is 25.4 Å². The molecule has 1 aromatic heterocycles. The van der Waals surface area contributed by atoms with E-state index in [0.717, 1.165) is 51.3 Å². The van der Waals surface area contributed by atoms with Crippen LogP contribution in [0.15, 0.2) is 12.4 Å². The molecule has 1 saturated heterocycles. The second-order valence-electron chi connectivity index (χ2n) is 5.37. The van der Waals surface area contributed by atoms with Crippen LogP contribution in [0.25, 0.3) is 0 Å². The van der Waals surface area contributed by atoms with Gasteiger partial charge >= 0.3 is 0 Å². The van der Waals surface area contributed by atoms with E-state index in [9.17, 15) is 5.11 Å². The lowest BCUT2D eigenvalue weighted by Gasteiger charge is -2.33. The summed E-state index contributed by atoms with van der Waals surface area (Å²) >= 11 is 0. The van der Waals surface area contributed by atoms with Crippen LogP contribution >= 0.6 is 0 Å². The smallest absolute Gasteiger partial charge is 0.137 e. The van der Waals surface area contributed by atoms with E-state index < -0.39 is 6.10 Å². The number of piperidine rings is 1. The summed E-state index contributed by atoms with van der Waals surface area (Å²) in [6.07, 6.45) is 6.38. The molecule has 2 rings (SSSR count). The third-order valence-electron chi connectivity index (χ3n) is 4.02. The van der Waals surface area contributed by atoms with Crippen LogP contribution < -0.4 is 0 Å². The highest BCUT2D eigenvalue weighted by Gasteiger charge is 2.28. The Balaban J connectivity index is 1.78. The molecule has 0 spiro atoms. The molecule has 19 heavy (non-hydrogen) atoms. The molecule has 1 atom stereocenters. The maximum absolute atomic E-state index is 10.4. The first-order valence-corrected chi connectivity index (χ1v) is 7.09. The second kappa shape index (κ2) is 7.03. The monoisotopic (exact) mass is 267 g/mol. The number of aromatic nitrogens is 2. The molecule has 1 aromatic rings. The van der Waals surface area contributed by atoms with Gasteiger partial charge in [0.25, 0.3) is 0 Å². The molecule has 0 bridgehead atoms. The maximum Gasteiger partial charge on any atom is 0.137 e. The molecule has 0 aromatic carbocycles. The van der Waals surface area contributed by atoms with E-state index in [1.54, 1.807) is 13.3 Å². The zero-order chi connectivity index (χ0) is 13.7. The van der Waals surface area contributed by atoms with Crippen LogP contribution in [0, 0.1) is 5.92 Å². The SMILES string of the molecule is COCCCN1CCC(C(O)c2nccn2C)CC1. The Morgan fingerprint density at radius 3 is 2.79 bits per heavy atom. The Labute approximate surface area is 115 Å². The van der Waals surface area contributed by atoms with E-state index >= 15 is 0 Å². The number of rotatable bonds is 6. The van der Waals surface area contributed by atoms with Gasteiger partial charge in [-0.1, -0.05) is 0 Å². The van der Waals surface area contributed by atoms with Crippen molar-refractivity contribution in [1.82, 2.24) is 14.5 Å². The first kappa shape index (κ1) is 14.5. The topological polar surface area (TPSA) is 50.5 Å². The summed E-state index contributed by atoms with van der Waals surface area (Å²) in [6, 6.07) is 0. The molecule has 2 heterocycles. The largest absolute Gasteiger partial charge is 0.385 e. The van der Waals surface area contributed by atoms with E-state index in [1.807, 2.05) is 17.8 Å². The van der Waals surface area contributed by atoms with Gasteiger partial charge in [-0.2, -0.15) is 0 Å². The van der Waals surface area contributed by atoms with Crippen molar-refractivity contribution < 1.29 is 9.84 Å². The van der Waals surface area contributed by atoms with Crippen LogP contribution in [0.3, 0.4) is 0 Å². The molecular weight excluding hydrogens is 242 g/mol. The van der Waals surface area contributed by atoms with Gasteiger partial charge in [-0.3, -0.25) is 0 Å². The number of aliphatic hydroxyl groups is 1. The molecule has 1 aliphatic rings. The minimum Gasteiger partial charge on any atom is -0.385 e. The van der Waals surface area contributed by atoms with Gasteiger partial charge in [0.2, 0.25) is 0 Å². The van der Waals surface area contributed by atoms with E-state index in [0.29, 0.717) is 5.92 Å². The third kappa shape index (κ3) is 3.78. The summed E-state index contributed by atoms with van der Waals surface area (Å²) in [5, 5.41) is 10.4. The van der Waals surface area contributed by atoms with Crippen LogP contribution in [0.2, 0.25) is 0 Å². The number of ether oxygens (including phenoxy) is 1. The molecule has 108 valence electrons. The molecule has 0 saturated carbocycles. The first-order chi connectivity index (χ1) is 9.22. The van der Waals surface area contributed by atoms with Crippen molar-refractivity contribution in [3.63, 3.8) is 0 Å². The van der Waals surface area contributed by atoms with Gasteiger partial charge in [-0.05, 0) is 38.3 Å². The average molecular weight is 267 g/mol. The molecular formula is C14H25N3O2. The normalized spacial score (nSPS) is 19.7. The number of likely N-dealkylation sites (tertiary alicyclic amines) is 1. The predicted molar refractivity (Wildman–Crippen MR) is 73.8 cm³/mol. The first-order valence-electron chi connectivity index (χ1n) is 7.09. The Kier molecular flexibility index (Phi) is 5.36. The standard InChI is InChI=1S/C14H25N3O2/c1-16-10-6-15-14(16)13(18)12-4-8-17(9-5-12)7-3-11-19-2/h6,10,12-13,18H,3-5,7-9,11H2,1-2H3. The third-order valence-corrected chi connectivity index (χ3v) is 4.02. The minimum atomic E-state index is -0.430. The number of hydrogen-bond donors (Lipinski definition) is 1. The molecule has 0 radical (unpaired) electrons. The van der Waals surface area contributed by atoms with Crippen molar-refractivity contribution in [2.24, 2.45) is 13.0 Å². The average Bonchev–Trinajstić information content (AvgIpc) is 2.85. The van der Waals surface area contributed by atoms with Gasteiger partial charge in [0.1, 0.15) is 11.9 Å². The lowest BCUT2D eigenvalue weighted by molar-refractivity contribution is 0.0488. The molecule has 5 heteroatoms. The summed E-state index contributed by atoms with van der Waals surface area (Å²) < 4.78 is 6.99. The Hall–Kier alpha value is -0.910. The summed E-state index contributed by atoms with van der Waals surface area (Å²) in [7, 11) is 3.68. The zero-order valence-electron chi connectivity index (χ0n) is 12.0. The number of hydrogen-bond acceptors (Lipinski definition) is 4. The highest BCUT2D eigenvalue weighted by molar-refractivity contribution is 4.98. The van der Waals surface area contributed by atoms with Crippen LogP contribution in [0.1, 0.15) is 31.2 Å². The molecule has 1 fully saturated rings. The quantitative estimate of drug-likeness (QED) is 0.787. The lowest BCUT2D eigenvalue weighted by Crippen LogP contribution is -2.36. The Morgan fingerprint density at radius 1 is 1.47 bits per heavy atom. The number of methoxy groups -OCH3 is 1.